The first kappa shape index (κ1) is 18.4. The zero-order valence-electron chi connectivity index (χ0n) is 12.0. The second-order valence-corrected chi connectivity index (χ2v) is 6.57. The minimum atomic E-state index is -0.100. The SMILES string of the molecule is CC(=O)Nc1nc(CCc2ccc(CNC(=N)N)s2)cs1.Cl. The quantitative estimate of drug-likeness (QED) is 0.469. The van der Waals surface area contributed by atoms with Gasteiger partial charge in [0.2, 0.25) is 5.91 Å². The van der Waals surface area contributed by atoms with E-state index in [4.69, 9.17) is 11.1 Å². The van der Waals surface area contributed by atoms with E-state index in [0.29, 0.717) is 11.7 Å². The van der Waals surface area contributed by atoms with Gasteiger partial charge < -0.3 is 16.4 Å². The summed E-state index contributed by atoms with van der Waals surface area (Å²) in [7, 11) is 0. The Morgan fingerprint density at radius 2 is 2.09 bits per heavy atom. The summed E-state index contributed by atoms with van der Waals surface area (Å²) in [6.45, 7) is 2.06. The molecule has 0 fully saturated rings. The summed E-state index contributed by atoms with van der Waals surface area (Å²) in [4.78, 5) is 17.7. The molecule has 6 nitrogen and oxygen atoms in total. The molecular weight excluding hydrogens is 342 g/mol. The molecule has 0 aliphatic carbocycles. The largest absolute Gasteiger partial charge is 0.370 e. The number of thiazole rings is 1. The highest BCUT2D eigenvalue weighted by molar-refractivity contribution is 7.14. The molecule has 0 aromatic carbocycles. The lowest BCUT2D eigenvalue weighted by atomic mass is 10.2. The molecule has 2 rings (SSSR count). The average Bonchev–Trinajstić information content (AvgIpc) is 3.02. The van der Waals surface area contributed by atoms with Gasteiger partial charge in [0.15, 0.2) is 11.1 Å². The zero-order valence-corrected chi connectivity index (χ0v) is 14.5. The van der Waals surface area contributed by atoms with Crippen molar-refractivity contribution in [2.45, 2.75) is 26.3 Å². The molecule has 0 aliphatic heterocycles. The molecule has 9 heteroatoms. The van der Waals surface area contributed by atoms with Gasteiger partial charge in [-0.25, -0.2) is 4.98 Å². The third-order valence-electron chi connectivity index (χ3n) is 2.63. The number of nitrogens with two attached hydrogens (primary N) is 1. The van der Waals surface area contributed by atoms with Crippen molar-refractivity contribution in [1.82, 2.24) is 10.3 Å². The van der Waals surface area contributed by atoms with Crippen LogP contribution in [0.2, 0.25) is 0 Å². The Hall–Kier alpha value is -1.64. The minimum absolute atomic E-state index is 0. The molecule has 0 atom stereocenters. The van der Waals surface area contributed by atoms with E-state index >= 15 is 0 Å². The van der Waals surface area contributed by atoms with Crippen molar-refractivity contribution in [1.29, 1.82) is 5.41 Å². The van der Waals surface area contributed by atoms with Crippen LogP contribution in [-0.2, 0) is 24.2 Å². The molecule has 1 amide bonds. The Labute approximate surface area is 143 Å². The fourth-order valence-electron chi connectivity index (χ4n) is 1.72. The predicted octanol–water partition coefficient (Wildman–Crippen LogP) is 2.35. The number of nitrogens with one attached hydrogen (secondary N) is 3. The van der Waals surface area contributed by atoms with Crippen molar-refractivity contribution >= 4 is 52.1 Å². The molecule has 0 radical (unpaired) electrons. The molecule has 22 heavy (non-hydrogen) atoms. The Morgan fingerprint density at radius 3 is 2.77 bits per heavy atom. The molecule has 0 saturated carbocycles. The van der Waals surface area contributed by atoms with Crippen LogP contribution >= 0.6 is 35.1 Å². The molecule has 0 bridgehead atoms. The number of hydrogen-bond acceptors (Lipinski definition) is 5. The van der Waals surface area contributed by atoms with Crippen molar-refractivity contribution in [2.75, 3.05) is 5.32 Å². The smallest absolute Gasteiger partial charge is 0.223 e. The monoisotopic (exact) mass is 359 g/mol. The van der Waals surface area contributed by atoms with Gasteiger partial charge in [-0.15, -0.1) is 35.1 Å². The van der Waals surface area contributed by atoms with Crippen LogP contribution in [0.3, 0.4) is 0 Å². The van der Waals surface area contributed by atoms with E-state index < -0.39 is 0 Å². The van der Waals surface area contributed by atoms with Gasteiger partial charge in [-0.3, -0.25) is 10.2 Å². The van der Waals surface area contributed by atoms with E-state index in [1.807, 2.05) is 11.4 Å². The Balaban J connectivity index is 0.00000242. The number of amides is 1. The van der Waals surface area contributed by atoms with Crippen LogP contribution in [0, 0.1) is 5.41 Å². The third-order valence-corrected chi connectivity index (χ3v) is 4.58. The normalized spacial score (nSPS) is 9.86. The van der Waals surface area contributed by atoms with Crippen LogP contribution in [0.1, 0.15) is 22.4 Å². The number of hydrogen-bond donors (Lipinski definition) is 4. The van der Waals surface area contributed by atoms with E-state index in [9.17, 15) is 4.79 Å². The zero-order chi connectivity index (χ0) is 15.2. The summed E-state index contributed by atoms with van der Waals surface area (Å²) in [5.74, 6) is -0.116. The van der Waals surface area contributed by atoms with Crippen molar-refractivity contribution in [2.24, 2.45) is 5.73 Å². The summed E-state index contributed by atoms with van der Waals surface area (Å²) >= 11 is 3.15. The fourth-order valence-corrected chi connectivity index (χ4v) is 3.46. The first-order valence-corrected chi connectivity index (χ1v) is 8.10. The van der Waals surface area contributed by atoms with E-state index in [1.165, 1.54) is 23.1 Å². The summed E-state index contributed by atoms with van der Waals surface area (Å²) < 4.78 is 0. The molecule has 0 saturated heterocycles. The van der Waals surface area contributed by atoms with Gasteiger partial charge in [0.1, 0.15) is 0 Å². The first-order valence-electron chi connectivity index (χ1n) is 6.40. The molecule has 120 valence electrons. The second-order valence-electron chi connectivity index (χ2n) is 4.46. The standard InChI is InChI=1S/C13H17N5OS2.ClH/c1-8(19)17-13-18-9(7-20-13)2-3-10-4-5-11(21-10)6-16-12(14)15;/h4-5,7H,2-3,6H2,1H3,(H4,14,15,16)(H,17,18,19);1H. The second kappa shape index (κ2) is 8.72. The maximum absolute atomic E-state index is 10.9. The van der Waals surface area contributed by atoms with Crippen LogP contribution in [0.4, 0.5) is 5.13 Å². The Kier molecular flexibility index (Phi) is 7.30. The van der Waals surface area contributed by atoms with E-state index in [-0.39, 0.29) is 24.3 Å². The number of anilines is 1. The summed E-state index contributed by atoms with van der Waals surface area (Å²) in [6, 6.07) is 4.13. The van der Waals surface area contributed by atoms with Gasteiger partial charge in [-0.1, -0.05) is 0 Å². The summed E-state index contributed by atoms with van der Waals surface area (Å²) in [5, 5.41) is 15.2. The summed E-state index contributed by atoms with van der Waals surface area (Å²) in [5.41, 5.74) is 6.24. The van der Waals surface area contributed by atoms with Crippen LogP contribution < -0.4 is 16.4 Å². The topological polar surface area (TPSA) is 104 Å². The number of carbonyl (C=O) groups is 1. The molecule has 2 aromatic heterocycles. The highest BCUT2D eigenvalue weighted by Crippen LogP contribution is 2.20. The average molecular weight is 360 g/mol. The number of carbonyl (C=O) groups excluding carboxylic acids is 1. The minimum Gasteiger partial charge on any atom is -0.370 e. The number of guanidine groups is 1. The van der Waals surface area contributed by atoms with E-state index in [2.05, 4.69) is 21.7 Å². The van der Waals surface area contributed by atoms with Crippen molar-refractivity contribution in [3.05, 3.63) is 33.0 Å². The molecule has 0 unspecified atom stereocenters. The Morgan fingerprint density at radius 1 is 1.36 bits per heavy atom. The van der Waals surface area contributed by atoms with Crippen molar-refractivity contribution in [3.8, 4) is 0 Å². The molecule has 2 aromatic rings. The molecular formula is C13H18ClN5OS2. The number of aromatic nitrogens is 1. The van der Waals surface area contributed by atoms with E-state index in [1.54, 1.807) is 11.3 Å². The van der Waals surface area contributed by atoms with Gasteiger partial charge >= 0.3 is 0 Å². The van der Waals surface area contributed by atoms with Gasteiger partial charge in [-0.05, 0) is 25.0 Å². The lowest BCUT2D eigenvalue weighted by Crippen LogP contribution is -2.29. The van der Waals surface area contributed by atoms with E-state index in [0.717, 1.165) is 23.4 Å². The molecule has 5 N–H and O–H groups in total. The van der Waals surface area contributed by atoms with Gasteiger partial charge in [0, 0.05) is 22.1 Å². The maximum Gasteiger partial charge on any atom is 0.223 e. The predicted molar refractivity (Wildman–Crippen MR) is 94.1 cm³/mol. The van der Waals surface area contributed by atoms with Crippen molar-refractivity contribution < 1.29 is 4.79 Å². The number of aryl methyl sites for hydroxylation is 2. The van der Waals surface area contributed by atoms with Crippen LogP contribution in [0.25, 0.3) is 0 Å². The highest BCUT2D eigenvalue weighted by atomic mass is 35.5. The maximum atomic E-state index is 10.9. The molecule has 0 spiro atoms. The van der Waals surface area contributed by atoms with Crippen LogP contribution in [0.15, 0.2) is 17.5 Å². The number of nitrogens with zero attached hydrogens (tertiary/aromatic N) is 1. The number of thiophene rings is 1. The lowest BCUT2D eigenvalue weighted by Gasteiger charge is -1.99. The third kappa shape index (κ3) is 6.00. The summed E-state index contributed by atoms with van der Waals surface area (Å²) in [6.07, 6.45) is 1.75. The Bertz CT molecular complexity index is 640. The van der Waals surface area contributed by atoms with Crippen LogP contribution in [0.5, 0.6) is 0 Å². The van der Waals surface area contributed by atoms with Gasteiger partial charge in [-0.2, -0.15) is 0 Å². The highest BCUT2D eigenvalue weighted by Gasteiger charge is 2.05. The van der Waals surface area contributed by atoms with Gasteiger partial charge in [0.25, 0.3) is 0 Å². The van der Waals surface area contributed by atoms with Crippen molar-refractivity contribution in [3.63, 3.8) is 0 Å². The number of halogens is 1. The van der Waals surface area contributed by atoms with Gasteiger partial charge in [0.05, 0.1) is 12.2 Å². The molecule has 2 heterocycles. The fraction of sp³-hybridized carbons (Fsp3) is 0.308. The van der Waals surface area contributed by atoms with Crippen LogP contribution in [-0.4, -0.2) is 16.9 Å². The lowest BCUT2D eigenvalue weighted by molar-refractivity contribution is -0.114. The molecule has 0 aliphatic rings. The first-order chi connectivity index (χ1) is 10.0. The number of rotatable bonds is 6.